The first kappa shape index (κ1) is 20.8. The molecule has 2 aliphatic heterocycles. The lowest BCUT2D eigenvalue weighted by Crippen LogP contribution is -2.33. The molecular formula is C20H29N3O4S. The van der Waals surface area contributed by atoms with Crippen molar-refractivity contribution in [3.8, 4) is 0 Å². The van der Waals surface area contributed by atoms with Gasteiger partial charge in [0.15, 0.2) is 0 Å². The molecule has 1 aromatic rings. The molecule has 8 heteroatoms. The molecule has 1 aromatic carbocycles. The average Bonchev–Trinajstić information content (AvgIpc) is 3.10. The maximum atomic E-state index is 12.8. The molecule has 28 heavy (non-hydrogen) atoms. The number of benzene rings is 1. The Morgan fingerprint density at radius 3 is 2.04 bits per heavy atom. The average molecular weight is 408 g/mol. The Morgan fingerprint density at radius 2 is 1.43 bits per heavy atom. The number of carbonyl (C=O) groups excluding carboxylic acids is 2. The van der Waals surface area contributed by atoms with Crippen molar-refractivity contribution in [2.75, 3.05) is 32.7 Å². The van der Waals surface area contributed by atoms with Gasteiger partial charge in [-0.15, -0.1) is 0 Å². The standard InChI is InChI=1S/C20H29N3O4S/c24-19(22-13-5-6-14-22)11-12-21-20(25)17-7-9-18(10-8-17)28(26,27)23-15-3-1-2-4-16-23/h7-10H,1-6,11-16H2,(H,21,25). The summed E-state index contributed by atoms with van der Waals surface area (Å²) in [7, 11) is -3.51. The molecule has 0 saturated carbocycles. The van der Waals surface area contributed by atoms with Crippen LogP contribution in [0.4, 0.5) is 0 Å². The Labute approximate surface area is 167 Å². The van der Waals surface area contributed by atoms with E-state index in [1.165, 1.54) is 24.3 Å². The number of carbonyl (C=O) groups is 2. The second-order valence-electron chi connectivity index (χ2n) is 7.44. The first-order valence-corrected chi connectivity index (χ1v) is 11.6. The third-order valence-electron chi connectivity index (χ3n) is 5.40. The van der Waals surface area contributed by atoms with Gasteiger partial charge in [-0.3, -0.25) is 9.59 Å². The second kappa shape index (κ2) is 9.52. The Hall–Kier alpha value is -1.93. The Bertz CT molecular complexity index is 778. The number of hydrogen-bond donors (Lipinski definition) is 1. The molecule has 0 atom stereocenters. The van der Waals surface area contributed by atoms with E-state index < -0.39 is 10.0 Å². The summed E-state index contributed by atoms with van der Waals surface area (Å²) in [4.78, 5) is 26.3. The van der Waals surface area contributed by atoms with Gasteiger partial charge in [-0.05, 0) is 49.9 Å². The molecule has 2 aliphatic rings. The van der Waals surface area contributed by atoms with Crippen LogP contribution in [0.3, 0.4) is 0 Å². The quantitative estimate of drug-likeness (QED) is 0.781. The van der Waals surface area contributed by atoms with Crippen molar-refractivity contribution < 1.29 is 18.0 Å². The summed E-state index contributed by atoms with van der Waals surface area (Å²) in [6, 6.07) is 6.04. The summed E-state index contributed by atoms with van der Waals surface area (Å²) in [6.07, 6.45) is 6.27. The smallest absolute Gasteiger partial charge is 0.251 e. The number of hydrogen-bond acceptors (Lipinski definition) is 4. The van der Waals surface area contributed by atoms with Crippen LogP contribution in [0.25, 0.3) is 0 Å². The van der Waals surface area contributed by atoms with E-state index in [4.69, 9.17) is 0 Å². The largest absolute Gasteiger partial charge is 0.352 e. The molecule has 2 fully saturated rings. The molecule has 7 nitrogen and oxygen atoms in total. The number of likely N-dealkylation sites (tertiary alicyclic amines) is 1. The van der Waals surface area contributed by atoms with Crippen molar-refractivity contribution in [3.63, 3.8) is 0 Å². The zero-order valence-corrected chi connectivity index (χ0v) is 17.0. The zero-order chi connectivity index (χ0) is 20.0. The Balaban J connectivity index is 1.54. The van der Waals surface area contributed by atoms with Gasteiger partial charge in [-0.25, -0.2) is 8.42 Å². The van der Waals surface area contributed by atoms with E-state index in [0.29, 0.717) is 18.7 Å². The minimum absolute atomic E-state index is 0.0664. The molecule has 0 aromatic heterocycles. The Morgan fingerprint density at radius 1 is 0.857 bits per heavy atom. The Kier molecular flexibility index (Phi) is 7.07. The van der Waals surface area contributed by atoms with Crippen LogP contribution in [-0.2, 0) is 14.8 Å². The third-order valence-corrected chi connectivity index (χ3v) is 7.32. The minimum Gasteiger partial charge on any atom is -0.352 e. The van der Waals surface area contributed by atoms with Crippen molar-refractivity contribution in [2.24, 2.45) is 0 Å². The van der Waals surface area contributed by atoms with Crippen molar-refractivity contribution in [1.29, 1.82) is 0 Å². The van der Waals surface area contributed by atoms with E-state index in [0.717, 1.165) is 51.6 Å². The first-order valence-electron chi connectivity index (χ1n) is 10.1. The molecule has 2 saturated heterocycles. The van der Waals surface area contributed by atoms with E-state index in [2.05, 4.69) is 5.32 Å². The normalized spacial score (nSPS) is 18.6. The van der Waals surface area contributed by atoms with Crippen molar-refractivity contribution >= 4 is 21.8 Å². The minimum atomic E-state index is -3.51. The summed E-state index contributed by atoms with van der Waals surface area (Å²) in [6.45, 7) is 2.99. The van der Waals surface area contributed by atoms with E-state index in [1.807, 2.05) is 4.90 Å². The molecule has 3 rings (SSSR count). The van der Waals surface area contributed by atoms with Gasteiger partial charge in [0.25, 0.3) is 5.91 Å². The van der Waals surface area contributed by atoms with Crippen molar-refractivity contribution in [3.05, 3.63) is 29.8 Å². The SMILES string of the molecule is O=C(NCCC(=O)N1CCCC1)c1ccc(S(=O)(=O)N2CCCCCC2)cc1. The fourth-order valence-corrected chi connectivity index (χ4v) is 5.24. The first-order chi connectivity index (χ1) is 13.5. The van der Waals surface area contributed by atoms with E-state index in [1.54, 1.807) is 4.31 Å². The molecule has 0 bridgehead atoms. The number of nitrogens with zero attached hydrogens (tertiary/aromatic N) is 2. The number of rotatable bonds is 6. The highest BCUT2D eigenvalue weighted by Gasteiger charge is 2.25. The molecule has 154 valence electrons. The van der Waals surface area contributed by atoms with Gasteiger partial charge in [0, 0.05) is 44.7 Å². The molecule has 2 amide bonds. The highest BCUT2D eigenvalue weighted by Crippen LogP contribution is 2.20. The topological polar surface area (TPSA) is 86.8 Å². The lowest BCUT2D eigenvalue weighted by atomic mass is 10.2. The molecule has 0 unspecified atom stereocenters. The molecule has 0 aliphatic carbocycles. The lowest BCUT2D eigenvalue weighted by molar-refractivity contribution is -0.129. The van der Waals surface area contributed by atoms with Crippen LogP contribution < -0.4 is 5.32 Å². The van der Waals surface area contributed by atoms with Gasteiger partial charge in [0.1, 0.15) is 0 Å². The highest BCUT2D eigenvalue weighted by atomic mass is 32.2. The third kappa shape index (κ3) is 5.11. The summed E-state index contributed by atoms with van der Waals surface area (Å²) in [5.74, 6) is -0.232. The summed E-state index contributed by atoms with van der Waals surface area (Å²) < 4.78 is 27.1. The summed E-state index contributed by atoms with van der Waals surface area (Å²) in [5, 5.41) is 2.74. The molecule has 2 heterocycles. The predicted octanol–water partition coefficient (Wildman–Crippen LogP) is 1.99. The monoisotopic (exact) mass is 407 g/mol. The number of sulfonamides is 1. The maximum Gasteiger partial charge on any atom is 0.251 e. The van der Waals surface area contributed by atoms with Gasteiger partial charge >= 0.3 is 0 Å². The van der Waals surface area contributed by atoms with Gasteiger partial charge in [-0.1, -0.05) is 12.8 Å². The van der Waals surface area contributed by atoms with Crippen LogP contribution in [-0.4, -0.2) is 62.2 Å². The fraction of sp³-hybridized carbons (Fsp3) is 0.600. The van der Waals surface area contributed by atoms with Crippen molar-refractivity contribution in [2.45, 2.75) is 49.8 Å². The molecular weight excluding hydrogens is 378 g/mol. The molecule has 0 spiro atoms. The van der Waals surface area contributed by atoms with Crippen LogP contribution in [0.15, 0.2) is 29.2 Å². The van der Waals surface area contributed by atoms with Gasteiger partial charge in [0.2, 0.25) is 15.9 Å². The van der Waals surface area contributed by atoms with E-state index >= 15 is 0 Å². The van der Waals surface area contributed by atoms with Crippen LogP contribution in [0.2, 0.25) is 0 Å². The summed E-state index contributed by atoms with van der Waals surface area (Å²) in [5.41, 5.74) is 0.392. The summed E-state index contributed by atoms with van der Waals surface area (Å²) >= 11 is 0. The van der Waals surface area contributed by atoms with E-state index in [9.17, 15) is 18.0 Å². The predicted molar refractivity (Wildman–Crippen MR) is 106 cm³/mol. The lowest BCUT2D eigenvalue weighted by Gasteiger charge is -2.20. The van der Waals surface area contributed by atoms with Crippen molar-refractivity contribution in [1.82, 2.24) is 14.5 Å². The molecule has 0 radical (unpaired) electrons. The molecule has 1 N–H and O–H groups in total. The number of nitrogens with one attached hydrogen (secondary N) is 1. The van der Waals surface area contributed by atoms with Gasteiger partial charge < -0.3 is 10.2 Å². The van der Waals surface area contributed by atoms with Crippen LogP contribution in [0.1, 0.15) is 55.3 Å². The van der Waals surface area contributed by atoms with E-state index in [-0.39, 0.29) is 29.7 Å². The zero-order valence-electron chi connectivity index (χ0n) is 16.2. The maximum absolute atomic E-state index is 12.8. The highest BCUT2D eigenvalue weighted by molar-refractivity contribution is 7.89. The number of amides is 2. The van der Waals surface area contributed by atoms with Gasteiger partial charge in [0.05, 0.1) is 4.90 Å². The van der Waals surface area contributed by atoms with Crippen LogP contribution in [0.5, 0.6) is 0 Å². The van der Waals surface area contributed by atoms with Crippen LogP contribution in [0, 0.1) is 0 Å². The van der Waals surface area contributed by atoms with Crippen LogP contribution >= 0.6 is 0 Å². The van der Waals surface area contributed by atoms with Gasteiger partial charge in [-0.2, -0.15) is 4.31 Å². The fourth-order valence-electron chi connectivity index (χ4n) is 3.72. The second-order valence-corrected chi connectivity index (χ2v) is 9.37.